The molecule has 0 bridgehead atoms. The van der Waals surface area contributed by atoms with Crippen LogP contribution >= 0.6 is 13.7 Å². The standard InChI is InChI=1S/C22H46O7P2/c1-9-30(10-2,11-3,12-4)28-19(23)17-22(27,21(25)26)18-20(24)29-31(13-5,14-6,15-7)16-8/h27H,9-18H2,1-8H3,(H,25,26). The molecule has 0 aromatic rings. The molecule has 0 aliphatic carbocycles. The number of carboxylic acid groups (broad SMARTS) is 1. The molecular weight excluding hydrogens is 438 g/mol. The summed E-state index contributed by atoms with van der Waals surface area (Å²) in [6, 6.07) is 0. The van der Waals surface area contributed by atoms with Crippen molar-refractivity contribution >= 4 is 31.6 Å². The van der Waals surface area contributed by atoms with E-state index in [0.717, 1.165) is 0 Å². The molecule has 186 valence electrons. The van der Waals surface area contributed by atoms with Crippen molar-refractivity contribution in [3.05, 3.63) is 0 Å². The summed E-state index contributed by atoms with van der Waals surface area (Å²) >= 11 is 0. The predicted molar refractivity (Wildman–Crippen MR) is 132 cm³/mol. The first-order valence-corrected chi connectivity index (χ1v) is 17.5. The van der Waals surface area contributed by atoms with Crippen LogP contribution in [0.2, 0.25) is 0 Å². The number of carboxylic acids is 1. The van der Waals surface area contributed by atoms with Gasteiger partial charge >= 0.3 is 188 Å². The number of aliphatic carboxylic acids is 1. The van der Waals surface area contributed by atoms with E-state index in [4.69, 9.17) is 9.05 Å². The van der Waals surface area contributed by atoms with Gasteiger partial charge in [0.05, 0.1) is 0 Å². The van der Waals surface area contributed by atoms with Gasteiger partial charge in [0.25, 0.3) is 0 Å². The van der Waals surface area contributed by atoms with Crippen LogP contribution in [-0.4, -0.2) is 83.0 Å². The summed E-state index contributed by atoms with van der Waals surface area (Å²) in [6.07, 6.45) is 4.03. The molecule has 0 saturated heterocycles. The van der Waals surface area contributed by atoms with Crippen LogP contribution in [0, 0.1) is 0 Å². The van der Waals surface area contributed by atoms with Crippen LogP contribution in [0.1, 0.15) is 68.2 Å². The third kappa shape index (κ3) is 6.18. The molecule has 0 radical (unpaired) electrons. The zero-order valence-electron chi connectivity index (χ0n) is 20.9. The van der Waals surface area contributed by atoms with Crippen LogP contribution in [0.25, 0.3) is 0 Å². The van der Waals surface area contributed by atoms with E-state index < -0.39 is 50.0 Å². The third-order valence-corrected chi connectivity index (χ3v) is 22.6. The molecule has 7 nitrogen and oxygen atoms in total. The molecule has 0 aromatic carbocycles. The second kappa shape index (κ2) is 10.9. The van der Waals surface area contributed by atoms with E-state index in [9.17, 15) is 24.6 Å². The van der Waals surface area contributed by atoms with Gasteiger partial charge in [0.1, 0.15) is 0 Å². The van der Waals surface area contributed by atoms with Gasteiger partial charge in [-0.1, -0.05) is 0 Å². The molecule has 0 rings (SSSR count). The second-order valence-electron chi connectivity index (χ2n) is 8.86. The predicted octanol–water partition coefficient (Wildman–Crippen LogP) is 4.76. The number of rotatable bonds is 15. The minimum atomic E-state index is -2.80. The van der Waals surface area contributed by atoms with E-state index >= 15 is 0 Å². The molecule has 31 heavy (non-hydrogen) atoms. The SMILES string of the molecule is CCP(CC)(CC)(CC)OC(=O)CC(O)(CC(=O)OP(CC)(CC)(CC)CC)C(=O)O. The Morgan fingerprint density at radius 2 is 0.839 bits per heavy atom. The molecule has 0 atom stereocenters. The number of aliphatic hydroxyl groups is 1. The Bertz CT molecular complexity index is 561. The molecule has 0 aliphatic heterocycles. The fourth-order valence-corrected chi connectivity index (χ4v) is 12.2. The molecule has 0 aromatic heterocycles. The normalized spacial score (nSPS) is 16.8. The van der Waals surface area contributed by atoms with Gasteiger partial charge in [-0.15, -0.1) is 0 Å². The Balaban J connectivity index is 5.76. The van der Waals surface area contributed by atoms with E-state index in [-0.39, 0.29) is 0 Å². The van der Waals surface area contributed by atoms with Crippen LogP contribution in [-0.2, 0) is 23.4 Å². The van der Waals surface area contributed by atoms with Crippen molar-refractivity contribution in [3.8, 4) is 0 Å². The Labute approximate surface area is 188 Å². The van der Waals surface area contributed by atoms with Gasteiger partial charge < -0.3 is 0 Å². The average molecular weight is 485 g/mol. The van der Waals surface area contributed by atoms with E-state index in [0.29, 0.717) is 49.3 Å². The topological polar surface area (TPSA) is 110 Å². The molecule has 0 spiro atoms. The summed E-state index contributed by atoms with van der Waals surface area (Å²) in [7, 11) is 0. The van der Waals surface area contributed by atoms with Crippen LogP contribution < -0.4 is 0 Å². The Kier molecular flexibility index (Phi) is 10.6. The van der Waals surface area contributed by atoms with Gasteiger partial charge in [-0.3, -0.25) is 0 Å². The number of hydrogen-bond acceptors (Lipinski definition) is 6. The van der Waals surface area contributed by atoms with Gasteiger partial charge in [0.15, 0.2) is 0 Å². The molecule has 2 N–H and O–H groups in total. The summed E-state index contributed by atoms with van der Waals surface area (Å²) in [5.74, 6) is -3.15. The maximum absolute atomic E-state index is 12.8. The first kappa shape index (κ1) is 30.2. The van der Waals surface area contributed by atoms with Crippen LogP contribution in [0.4, 0.5) is 0 Å². The monoisotopic (exact) mass is 484 g/mol. The Hall–Kier alpha value is -0.770. The van der Waals surface area contributed by atoms with E-state index in [2.05, 4.69) is 0 Å². The van der Waals surface area contributed by atoms with Gasteiger partial charge in [0, 0.05) is 0 Å². The molecular formula is C22H46O7P2. The van der Waals surface area contributed by atoms with Crippen molar-refractivity contribution in [2.24, 2.45) is 0 Å². The fraction of sp³-hybridized carbons (Fsp3) is 0.864. The van der Waals surface area contributed by atoms with Crippen molar-refractivity contribution in [2.75, 3.05) is 49.3 Å². The molecule has 0 heterocycles. The van der Waals surface area contributed by atoms with Gasteiger partial charge in [-0.2, -0.15) is 0 Å². The second-order valence-corrected chi connectivity index (χ2v) is 21.7. The average Bonchev–Trinajstić information content (AvgIpc) is 2.76. The molecule has 0 saturated carbocycles. The van der Waals surface area contributed by atoms with E-state index in [1.165, 1.54) is 0 Å². The number of hydrogen-bond donors (Lipinski definition) is 2. The van der Waals surface area contributed by atoms with Crippen molar-refractivity contribution in [3.63, 3.8) is 0 Å². The third-order valence-electron chi connectivity index (χ3n) is 8.39. The van der Waals surface area contributed by atoms with Gasteiger partial charge in [0.2, 0.25) is 0 Å². The summed E-state index contributed by atoms with van der Waals surface area (Å²) in [6.45, 7) is 10.3. The number of carbonyl (C=O) groups is 3. The van der Waals surface area contributed by atoms with Crippen LogP contribution in [0.15, 0.2) is 0 Å². The maximum atomic E-state index is 12.8. The van der Waals surface area contributed by atoms with Gasteiger partial charge in [-0.25, -0.2) is 0 Å². The fourth-order valence-electron chi connectivity index (χ4n) is 4.53. The van der Waals surface area contributed by atoms with Crippen LogP contribution in [0.5, 0.6) is 0 Å². The summed E-state index contributed by atoms with van der Waals surface area (Å²) in [5, 5.41) is 20.5. The summed E-state index contributed by atoms with van der Waals surface area (Å²) < 4.78 is 12.0. The molecule has 9 heteroatoms. The molecule has 0 unspecified atom stereocenters. The first-order chi connectivity index (χ1) is 14.3. The minimum absolute atomic E-state index is 0.697. The van der Waals surface area contributed by atoms with E-state index in [1.807, 2.05) is 55.4 Å². The quantitative estimate of drug-likeness (QED) is 0.322. The molecule has 0 aliphatic rings. The van der Waals surface area contributed by atoms with Crippen molar-refractivity contribution in [1.29, 1.82) is 0 Å². The Morgan fingerprint density at radius 1 is 0.613 bits per heavy atom. The summed E-state index contributed by atoms with van der Waals surface area (Å²) in [4.78, 5) is 37.5. The van der Waals surface area contributed by atoms with Crippen molar-refractivity contribution in [2.45, 2.75) is 73.8 Å². The number of carbonyl (C=O) groups excluding carboxylic acids is 2. The van der Waals surface area contributed by atoms with Crippen LogP contribution in [0.3, 0.4) is 0 Å². The Morgan fingerprint density at radius 3 is 1.00 bits per heavy atom. The van der Waals surface area contributed by atoms with Crippen molar-refractivity contribution in [1.82, 2.24) is 0 Å². The molecule has 0 amide bonds. The molecule has 0 fully saturated rings. The van der Waals surface area contributed by atoms with E-state index in [1.54, 1.807) is 0 Å². The summed E-state index contributed by atoms with van der Waals surface area (Å²) in [5.41, 5.74) is -2.56. The zero-order valence-corrected chi connectivity index (χ0v) is 22.7. The van der Waals surface area contributed by atoms with Gasteiger partial charge in [-0.05, 0) is 0 Å². The first-order valence-electron chi connectivity index (χ1n) is 11.7. The van der Waals surface area contributed by atoms with Crippen molar-refractivity contribution < 1.29 is 33.6 Å². The zero-order chi connectivity index (χ0) is 24.6.